The van der Waals surface area contributed by atoms with Crippen LogP contribution in [0.1, 0.15) is 31.9 Å². The molecule has 1 fully saturated rings. The van der Waals surface area contributed by atoms with Crippen molar-refractivity contribution in [1.29, 1.82) is 0 Å². The zero-order chi connectivity index (χ0) is 9.80. The lowest BCUT2D eigenvalue weighted by molar-refractivity contribution is 0.391. The molecule has 1 aliphatic rings. The third-order valence-corrected chi connectivity index (χ3v) is 3.32. The van der Waals surface area contributed by atoms with Crippen molar-refractivity contribution in [2.75, 3.05) is 6.54 Å². The first-order valence-corrected chi connectivity index (χ1v) is 5.54. The highest BCUT2D eigenvalue weighted by Crippen LogP contribution is 2.30. The predicted octanol–water partition coefficient (Wildman–Crippen LogP) is 1.94. The summed E-state index contributed by atoms with van der Waals surface area (Å²) in [4.78, 5) is 7.09. The molecule has 2 N–H and O–H groups in total. The third-order valence-electron chi connectivity index (χ3n) is 3.32. The highest BCUT2D eigenvalue weighted by Gasteiger charge is 2.22. The summed E-state index contributed by atoms with van der Waals surface area (Å²) < 4.78 is 0. The smallest absolute Gasteiger partial charge is 0.0922 e. The summed E-state index contributed by atoms with van der Waals surface area (Å²) in [5, 5.41) is 3.49. The van der Waals surface area contributed by atoms with Gasteiger partial charge < -0.3 is 10.3 Å². The van der Waals surface area contributed by atoms with Crippen molar-refractivity contribution in [2.45, 2.75) is 32.7 Å². The summed E-state index contributed by atoms with van der Waals surface area (Å²) >= 11 is 0. The standard InChI is InChI=1S/C11H19N3/c1-9-3-2-4-10(9)5-12-6-11-7-13-8-14-11/h7-10,12H,2-6H2,1H3,(H,13,14). The van der Waals surface area contributed by atoms with Gasteiger partial charge in [-0.05, 0) is 24.8 Å². The van der Waals surface area contributed by atoms with E-state index in [0.29, 0.717) is 0 Å². The average Bonchev–Trinajstić information content (AvgIpc) is 2.78. The number of hydrogen-bond donors (Lipinski definition) is 2. The van der Waals surface area contributed by atoms with Crippen molar-refractivity contribution in [3.63, 3.8) is 0 Å². The first-order chi connectivity index (χ1) is 6.86. The summed E-state index contributed by atoms with van der Waals surface area (Å²) in [6.45, 7) is 4.44. The molecule has 3 nitrogen and oxygen atoms in total. The van der Waals surface area contributed by atoms with Crippen LogP contribution in [0.25, 0.3) is 0 Å². The van der Waals surface area contributed by atoms with Gasteiger partial charge in [0.05, 0.1) is 6.33 Å². The van der Waals surface area contributed by atoms with Gasteiger partial charge in [-0.2, -0.15) is 0 Å². The molecule has 3 heteroatoms. The molecule has 0 radical (unpaired) electrons. The van der Waals surface area contributed by atoms with E-state index in [2.05, 4.69) is 22.2 Å². The summed E-state index contributed by atoms with van der Waals surface area (Å²) in [6.07, 6.45) is 7.84. The van der Waals surface area contributed by atoms with E-state index in [9.17, 15) is 0 Å². The second-order valence-electron chi connectivity index (χ2n) is 4.38. The van der Waals surface area contributed by atoms with Crippen LogP contribution in [0.15, 0.2) is 12.5 Å². The lowest BCUT2D eigenvalue weighted by Crippen LogP contribution is -2.24. The quantitative estimate of drug-likeness (QED) is 0.767. The molecule has 0 amide bonds. The van der Waals surface area contributed by atoms with E-state index in [1.807, 2.05) is 6.20 Å². The van der Waals surface area contributed by atoms with E-state index in [4.69, 9.17) is 0 Å². The molecule has 0 bridgehead atoms. The topological polar surface area (TPSA) is 40.7 Å². The molecule has 0 aliphatic heterocycles. The number of rotatable bonds is 4. The lowest BCUT2D eigenvalue weighted by Gasteiger charge is -2.15. The van der Waals surface area contributed by atoms with Crippen molar-refractivity contribution < 1.29 is 0 Å². The van der Waals surface area contributed by atoms with Gasteiger partial charge >= 0.3 is 0 Å². The monoisotopic (exact) mass is 193 g/mol. The van der Waals surface area contributed by atoms with Gasteiger partial charge in [0, 0.05) is 18.4 Å². The van der Waals surface area contributed by atoms with Gasteiger partial charge in [-0.25, -0.2) is 4.98 Å². The van der Waals surface area contributed by atoms with Crippen LogP contribution in [0, 0.1) is 11.8 Å². The van der Waals surface area contributed by atoms with E-state index >= 15 is 0 Å². The van der Waals surface area contributed by atoms with Crippen molar-refractivity contribution in [1.82, 2.24) is 15.3 Å². The number of hydrogen-bond acceptors (Lipinski definition) is 2. The first kappa shape index (κ1) is 9.71. The largest absolute Gasteiger partial charge is 0.347 e. The Morgan fingerprint density at radius 1 is 1.57 bits per heavy atom. The molecule has 1 heterocycles. The van der Waals surface area contributed by atoms with Crippen molar-refractivity contribution in [3.05, 3.63) is 18.2 Å². The molecular weight excluding hydrogens is 174 g/mol. The normalized spacial score (nSPS) is 26.9. The predicted molar refractivity (Wildman–Crippen MR) is 56.8 cm³/mol. The molecular formula is C11H19N3. The molecule has 0 aromatic carbocycles. The summed E-state index contributed by atoms with van der Waals surface area (Å²) in [5.41, 5.74) is 1.18. The number of imidazole rings is 1. The number of aromatic nitrogens is 2. The minimum absolute atomic E-state index is 0.887. The molecule has 14 heavy (non-hydrogen) atoms. The lowest BCUT2D eigenvalue weighted by atomic mass is 9.98. The van der Waals surface area contributed by atoms with E-state index in [1.165, 1.54) is 25.0 Å². The van der Waals surface area contributed by atoms with E-state index in [-0.39, 0.29) is 0 Å². The van der Waals surface area contributed by atoms with Gasteiger partial charge in [-0.15, -0.1) is 0 Å². The third kappa shape index (κ3) is 2.35. The fourth-order valence-electron chi connectivity index (χ4n) is 2.30. The van der Waals surface area contributed by atoms with Gasteiger partial charge in [0.2, 0.25) is 0 Å². The zero-order valence-corrected chi connectivity index (χ0v) is 8.79. The summed E-state index contributed by atoms with van der Waals surface area (Å²) in [5.74, 6) is 1.79. The van der Waals surface area contributed by atoms with Crippen molar-refractivity contribution in [3.8, 4) is 0 Å². The minimum Gasteiger partial charge on any atom is -0.347 e. The number of nitrogens with zero attached hydrogens (tertiary/aromatic N) is 1. The Bertz CT molecular complexity index is 256. The van der Waals surface area contributed by atoms with E-state index < -0.39 is 0 Å². The van der Waals surface area contributed by atoms with Gasteiger partial charge in [-0.3, -0.25) is 0 Å². The highest BCUT2D eigenvalue weighted by molar-refractivity contribution is 4.93. The van der Waals surface area contributed by atoms with Crippen LogP contribution in [0.3, 0.4) is 0 Å². The fraction of sp³-hybridized carbons (Fsp3) is 0.727. The minimum atomic E-state index is 0.887. The Kier molecular flexibility index (Phi) is 3.19. The second kappa shape index (κ2) is 4.60. The summed E-state index contributed by atoms with van der Waals surface area (Å²) in [6, 6.07) is 0. The molecule has 78 valence electrons. The molecule has 0 saturated heterocycles. The van der Waals surface area contributed by atoms with Crippen molar-refractivity contribution >= 4 is 0 Å². The maximum Gasteiger partial charge on any atom is 0.0922 e. The molecule has 1 saturated carbocycles. The van der Waals surface area contributed by atoms with Crippen LogP contribution in [0.5, 0.6) is 0 Å². The van der Waals surface area contributed by atoms with Gasteiger partial charge in [0.25, 0.3) is 0 Å². The van der Waals surface area contributed by atoms with Crippen LogP contribution < -0.4 is 5.32 Å². The molecule has 1 aromatic heterocycles. The van der Waals surface area contributed by atoms with Crippen molar-refractivity contribution in [2.24, 2.45) is 11.8 Å². The van der Waals surface area contributed by atoms with Crippen LogP contribution in [0.2, 0.25) is 0 Å². The van der Waals surface area contributed by atoms with Crippen LogP contribution in [-0.4, -0.2) is 16.5 Å². The Labute approximate surface area is 85.3 Å². The molecule has 1 aliphatic carbocycles. The van der Waals surface area contributed by atoms with Crippen LogP contribution in [0.4, 0.5) is 0 Å². The Hall–Kier alpha value is -0.830. The second-order valence-corrected chi connectivity index (χ2v) is 4.38. The van der Waals surface area contributed by atoms with Gasteiger partial charge in [-0.1, -0.05) is 19.8 Å². The fourth-order valence-corrected chi connectivity index (χ4v) is 2.30. The number of aromatic amines is 1. The number of nitrogens with one attached hydrogen (secondary N) is 2. The SMILES string of the molecule is CC1CCCC1CNCc1cnc[nH]1. The molecule has 2 rings (SSSR count). The first-order valence-electron chi connectivity index (χ1n) is 5.54. The van der Waals surface area contributed by atoms with Crippen LogP contribution in [-0.2, 0) is 6.54 Å². The zero-order valence-electron chi connectivity index (χ0n) is 8.79. The molecule has 0 spiro atoms. The average molecular weight is 193 g/mol. The molecule has 1 aromatic rings. The number of H-pyrrole nitrogens is 1. The molecule has 2 atom stereocenters. The van der Waals surface area contributed by atoms with Gasteiger partial charge in [0.1, 0.15) is 0 Å². The Morgan fingerprint density at radius 3 is 3.14 bits per heavy atom. The van der Waals surface area contributed by atoms with Crippen LogP contribution >= 0.6 is 0 Å². The summed E-state index contributed by atoms with van der Waals surface area (Å²) in [7, 11) is 0. The maximum atomic E-state index is 3.99. The Morgan fingerprint density at radius 2 is 2.50 bits per heavy atom. The highest BCUT2D eigenvalue weighted by atomic mass is 14.9. The maximum absolute atomic E-state index is 3.99. The van der Waals surface area contributed by atoms with E-state index in [1.54, 1.807) is 6.33 Å². The molecule has 2 unspecified atom stereocenters. The van der Waals surface area contributed by atoms with E-state index in [0.717, 1.165) is 24.9 Å². The van der Waals surface area contributed by atoms with Gasteiger partial charge in [0.15, 0.2) is 0 Å². The Balaban J connectivity index is 1.68.